The van der Waals surface area contributed by atoms with Gasteiger partial charge in [-0.3, -0.25) is 9.59 Å². The van der Waals surface area contributed by atoms with Gasteiger partial charge in [0.15, 0.2) is 5.69 Å². The van der Waals surface area contributed by atoms with E-state index in [2.05, 4.69) is 20.5 Å². The number of anilines is 1. The predicted octanol–water partition coefficient (Wildman–Crippen LogP) is 3.78. The number of hydrogen-bond donors (Lipinski definition) is 3. The average Bonchev–Trinajstić information content (AvgIpc) is 2.90. The maximum Gasteiger partial charge on any atom is 0.353 e. The summed E-state index contributed by atoms with van der Waals surface area (Å²) in [5.74, 6) is -2.26. The van der Waals surface area contributed by atoms with E-state index in [1.165, 1.54) is 0 Å². The molecule has 3 rings (SSSR count). The standard InChI is InChI=1S/C16H11ClN4O3/c17-9-5-7-10(8-6-9)18-15(23)16(24)21-20-13-11-3-1-2-4-12(11)19-14(13)22/h1-8,19,22H,(H,18,23). The highest BCUT2D eigenvalue weighted by molar-refractivity contribution is 6.40. The normalized spacial score (nSPS) is 11.0. The first-order chi connectivity index (χ1) is 11.5. The van der Waals surface area contributed by atoms with Crippen LogP contribution in [0.25, 0.3) is 10.9 Å². The van der Waals surface area contributed by atoms with Crippen molar-refractivity contribution < 1.29 is 14.7 Å². The Morgan fingerprint density at radius 2 is 1.79 bits per heavy atom. The molecule has 0 bridgehead atoms. The minimum absolute atomic E-state index is 0.0956. The molecular formula is C16H11ClN4O3. The second kappa shape index (κ2) is 6.51. The Hall–Kier alpha value is -3.19. The molecule has 1 heterocycles. The van der Waals surface area contributed by atoms with Crippen LogP contribution in [0.1, 0.15) is 0 Å². The zero-order valence-electron chi connectivity index (χ0n) is 12.2. The van der Waals surface area contributed by atoms with Crippen molar-refractivity contribution in [2.45, 2.75) is 0 Å². The van der Waals surface area contributed by atoms with Crippen LogP contribution in [0.5, 0.6) is 5.88 Å². The van der Waals surface area contributed by atoms with Gasteiger partial charge >= 0.3 is 11.8 Å². The number of carbonyl (C=O) groups excluding carboxylic acids is 2. The third-order valence-corrected chi connectivity index (χ3v) is 3.45. The summed E-state index contributed by atoms with van der Waals surface area (Å²) in [7, 11) is 0. The van der Waals surface area contributed by atoms with E-state index in [9.17, 15) is 14.7 Å². The van der Waals surface area contributed by atoms with Gasteiger partial charge in [0.2, 0.25) is 5.88 Å². The molecule has 7 nitrogen and oxygen atoms in total. The molecule has 2 aromatic carbocycles. The summed E-state index contributed by atoms with van der Waals surface area (Å²) >= 11 is 5.74. The Morgan fingerprint density at radius 3 is 2.54 bits per heavy atom. The van der Waals surface area contributed by atoms with Crippen molar-refractivity contribution in [3.63, 3.8) is 0 Å². The molecule has 0 aliphatic carbocycles. The lowest BCUT2D eigenvalue weighted by Crippen LogP contribution is -2.20. The number of halogens is 1. The molecule has 0 radical (unpaired) electrons. The number of H-pyrrole nitrogens is 1. The molecule has 0 aliphatic heterocycles. The Bertz CT molecular complexity index is 948. The number of rotatable bonds is 2. The number of aromatic hydroxyl groups is 1. The van der Waals surface area contributed by atoms with Crippen molar-refractivity contribution in [3.8, 4) is 5.88 Å². The quantitative estimate of drug-likeness (QED) is 0.487. The average molecular weight is 343 g/mol. The van der Waals surface area contributed by atoms with Crippen LogP contribution >= 0.6 is 11.6 Å². The van der Waals surface area contributed by atoms with Gasteiger partial charge in [0, 0.05) is 16.1 Å². The second-order valence-electron chi connectivity index (χ2n) is 4.83. The van der Waals surface area contributed by atoms with E-state index in [1.54, 1.807) is 48.5 Å². The summed E-state index contributed by atoms with van der Waals surface area (Å²) in [6, 6.07) is 13.2. The van der Waals surface area contributed by atoms with Gasteiger partial charge in [-0.25, -0.2) is 0 Å². The molecule has 0 saturated carbocycles. The maximum absolute atomic E-state index is 11.8. The van der Waals surface area contributed by atoms with Gasteiger partial charge in [0.1, 0.15) is 0 Å². The molecule has 0 fully saturated rings. The molecule has 1 aromatic heterocycles. The first-order valence-corrected chi connectivity index (χ1v) is 7.24. The minimum Gasteiger partial charge on any atom is -0.493 e. The number of carbonyl (C=O) groups is 2. The summed E-state index contributed by atoms with van der Waals surface area (Å²) in [5.41, 5.74) is 1.14. The summed E-state index contributed by atoms with van der Waals surface area (Å²) < 4.78 is 0. The number of azo groups is 1. The lowest BCUT2D eigenvalue weighted by Gasteiger charge is -2.01. The number of aromatic nitrogens is 1. The molecular weight excluding hydrogens is 332 g/mol. The van der Waals surface area contributed by atoms with Crippen molar-refractivity contribution in [1.29, 1.82) is 0 Å². The number of amides is 2. The lowest BCUT2D eigenvalue weighted by atomic mass is 10.2. The molecule has 0 spiro atoms. The van der Waals surface area contributed by atoms with Crippen LogP contribution in [-0.2, 0) is 9.59 Å². The fraction of sp³-hybridized carbons (Fsp3) is 0. The summed E-state index contributed by atoms with van der Waals surface area (Å²) in [6.45, 7) is 0. The number of fused-ring (bicyclic) bond motifs is 1. The highest BCUT2D eigenvalue weighted by atomic mass is 35.5. The smallest absolute Gasteiger partial charge is 0.353 e. The minimum atomic E-state index is -1.09. The van der Waals surface area contributed by atoms with E-state index in [1.807, 2.05) is 0 Å². The Kier molecular flexibility index (Phi) is 4.26. The molecule has 3 N–H and O–H groups in total. The largest absolute Gasteiger partial charge is 0.493 e. The SMILES string of the molecule is O=C(N=Nc1c(O)[nH]c2ccccc12)C(=O)Nc1ccc(Cl)cc1. The number of benzene rings is 2. The Morgan fingerprint density at radius 1 is 1.08 bits per heavy atom. The second-order valence-corrected chi connectivity index (χ2v) is 5.27. The molecule has 120 valence electrons. The fourth-order valence-corrected chi connectivity index (χ4v) is 2.20. The van der Waals surface area contributed by atoms with E-state index >= 15 is 0 Å². The van der Waals surface area contributed by atoms with Gasteiger partial charge in [-0.1, -0.05) is 29.8 Å². The van der Waals surface area contributed by atoms with Crippen LogP contribution in [0.2, 0.25) is 5.02 Å². The fourth-order valence-electron chi connectivity index (χ4n) is 2.07. The van der Waals surface area contributed by atoms with Gasteiger partial charge in [-0.05, 0) is 30.3 Å². The molecule has 24 heavy (non-hydrogen) atoms. The van der Waals surface area contributed by atoms with Crippen LogP contribution < -0.4 is 5.32 Å². The molecule has 0 saturated heterocycles. The zero-order valence-corrected chi connectivity index (χ0v) is 12.9. The van der Waals surface area contributed by atoms with Gasteiger partial charge < -0.3 is 15.4 Å². The van der Waals surface area contributed by atoms with Gasteiger partial charge in [0.25, 0.3) is 0 Å². The van der Waals surface area contributed by atoms with E-state index in [4.69, 9.17) is 11.6 Å². The Balaban J connectivity index is 1.75. The molecule has 0 atom stereocenters. The summed E-state index contributed by atoms with van der Waals surface area (Å²) in [4.78, 5) is 26.3. The van der Waals surface area contributed by atoms with Crippen LogP contribution in [0.15, 0.2) is 58.8 Å². The van der Waals surface area contributed by atoms with E-state index in [-0.39, 0.29) is 11.6 Å². The van der Waals surface area contributed by atoms with Gasteiger partial charge in [-0.2, -0.15) is 0 Å². The van der Waals surface area contributed by atoms with E-state index < -0.39 is 11.8 Å². The molecule has 2 amide bonds. The Labute approximate surface area is 141 Å². The highest BCUT2D eigenvalue weighted by Gasteiger charge is 2.15. The summed E-state index contributed by atoms with van der Waals surface area (Å²) in [5, 5.41) is 20.3. The van der Waals surface area contributed by atoms with Crippen molar-refractivity contribution in [2.24, 2.45) is 10.2 Å². The van der Waals surface area contributed by atoms with Gasteiger partial charge in [-0.15, -0.1) is 10.2 Å². The molecule has 8 heteroatoms. The van der Waals surface area contributed by atoms with Crippen LogP contribution in [-0.4, -0.2) is 21.9 Å². The predicted molar refractivity (Wildman–Crippen MR) is 89.6 cm³/mol. The van der Waals surface area contributed by atoms with E-state index in [0.717, 1.165) is 0 Å². The molecule has 0 aliphatic rings. The highest BCUT2D eigenvalue weighted by Crippen LogP contribution is 2.35. The maximum atomic E-state index is 11.8. The van der Waals surface area contributed by atoms with E-state index in [0.29, 0.717) is 21.6 Å². The van der Waals surface area contributed by atoms with Crippen LogP contribution in [0, 0.1) is 0 Å². The topological polar surface area (TPSA) is 107 Å². The molecule has 3 aromatic rings. The van der Waals surface area contributed by atoms with Crippen molar-refractivity contribution in [1.82, 2.24) is 4.98 Å². The monoisotopic (exact) mass is 342 g/mol. The number of hydrogen-bond acceptors (Lipinski definition) is 4. The number of nitrogens with one attached hydrogen (secondary N) is 2. The van der Waals surface area contributed by atoms with Crippen molar-refractivity contribution in [2.75, 3.05) is 5.32 Å². The third kappa shape index (κ3) is 3.26. The van der Waals surface area contributed by atoms with Crippen LogP contribution in [0.4, 0.5) is 11.4 Å². The van der Waals surface area contributed by atoms with Crippen LogP contribution in [0.3, 0.4) is 0 Å². The lowest BCUT2D eigenvalue weighted by molar-refractivity contribution is -0.134. The van der Waals surface area contributed by atoms with Crippen molar-refractivity contribution in [3.05, 3.63) is 53.6 Å². The van der Waals surface area contributed by atoms with Crippen molar-refractivity contribution >= 4 is 45.7 Å². The number of aromatic amines is 1. The first kappa shape index (κ1) is 15.7. The van der Waals surface area contributed by atoms with Gasteiger partial charge in [0.05, 0.1) is 5.52 Å². The number of para-hydroxylation sites is 1. The zero-order chi connectivity index (χ0) is 17.1. The first-order valence-electron chi connectivity index (χ1n) is 6.87. The third-order valence-electron chi connectivity index (χ3n) is 3.20. The molecule has 0 unspecified atom stereocenters. The summed E-state index contributed by atoms with van der Waals surface area (Å²) in [6.07, 6.45) is 0. The number of nitrogens with zero attached hydrogens (tertiary/aromatic N) is 2.